The van der Waals surface area contributed by atoms with E-state index < -0.39 is 0 Å². The van der Waals surface area contributed by atoms with E-state index in [1.54, 1.807) is 7.11 Å². The molecule has 6 heteroatoms. The van der Waals surface area contributed by atoms with Crippen molar-refractivity contribution >= 4 is 5.96 Å². The van der Waals surface area contributed by atoms with Crippen LogP contribution in [0.25, 0.3) is 0 Å². The molecular formula is C23H33N3O3. The molecule has 2 aromatic carbocycles. The van der Waals surface area contributed by atoms with Crippen molar-refractivity contribution in [2.45, 2.75) is 25.8 Å². The van der Waals surface area contributed by atoms with Crippen LogP contribution in [0.4, 0.5) is 0 Å². The highest BCUT2D eigenvalue weighted by Crippen LogP contribution is 2.14. The molecule has 29 heavy (non-hydrogen) atoms. The van der Waals surface area contributed by atoms with E-state index in [4.69, 9.17) is 14.5 Å². The van der Waals surface area contributed by atoms with Crippen molar-refractivity contribution in [2.75, 3.05) is 40.0 Å². The average Bonchev–Trinajstić information content (AvgIpc) is 2.78. The summed E-state index contributed by atoms with van der Waals surface area (Å²) in [6.45, 7) is 5.44. The Morgan fingerprint density at radius 1 is 1.07 bits per heavy atom. The Morgan fingerprint density at radius 3 is 2.48 bits per heavy atom. The second-order valence-corrected chi connectivity index (χ2v) is 6.66. The third-order valence-electron chi connectivity index (χ3n) is 4.55. The van der Waals surface area contributed by atoms with Gasteiger partial charge in [0.1, 0.15) is 5.75 Å². The molecular weight excluding hydrogens is 366 g/mol. The van der Waals surface area contributed by atoms with Crippen molar-refractivity contribution in [3.05, 3.63) is 65.7 Å². The molecule has 2 aromatic rings. The highest BCUT2D eigenvalue weighted by atomic mass is 16.5. The summed E-state index contributed by atoms with van der Waals surface area (Å²) >= 11 is 0. The van der Waals surface area contributed by atoms with Gasteiger partial charge in [0.05, 0.1) is 20.3 Å². The number of aliphatic hydroxyl groups excluding tert-OH is 1. The molecule has 3 N–H and O–H groups in total. The molecule has 0 aliphatic heterocycles. The fourth-order valence-corrected chi connectivity index (χ4v) is 2.83. The second-order valence-electron chi connectivity index (χ2n) is 6.66. The number of aliphatic imine (C=N–C) groups is 1. The van der Waals surface area contributed by atoms with Crippen LogP contribution in [-0.4, -0.2) is 51.1 Å². The number of rotatable bonds is 12. The van der Waals surface area contributed by atoms with Crippen LogP contribution in [0.1, 0.15) is 30.4 Å². The summed E-state index contributed by atoms with van der Waals surface area (Å²) in [7, 11) is 1.66. The number of nitrogens with one attached hydrogen (secondary N) is 2. The van der Waals surface area contributed by atoms with Crippen LogP contribution in [0.3, 0.4) is 0 Å². The van der Waals surface area contributed by atoms with Gasteiger partial charge in [0.15, 0.2) is 5.96 Å². The van der Waals surface area contributed by atoms with Crippen molar-refractivity contribution in [3.8, 4) is 5.75 Å². The van der Waals surface area contributed by atoms with Gasteiger partial charge in [-0.05, 0) is 36.6 Å². The molecule has 0 aliphatic carbocycles. The molecule has 0 aromatic heterocycles. The van der Waals surface area contributed by atoms with Crippen LogP contribution in [0.2, 0.25) is 0 Å². The summed E-state index contributed by atoms with van der Waals surface area (Å²) in [4.78, 5) is 4.70. The zero-order chi connectivity index (χ0) is 20.7. The fourth-order valence-electron chi connectivity index (χ4n) is 2.83. The predicted molar refractivity (Wildman–Crippen MR) is 118 cm³/mol. The Kier molecular flexibility index (Phi) is 10.6. The fraction of sp³-hybridized carbons (Fsp3) is 0.435. The number of ether oxygens (including phenoxy) is 2. The number of benzene rings is 2. The number of hydrogen-bond acceptors (Lipinski definition) is 4. The molecule has 1 atom stereocenters. The van der Waals surface area contributed by atoms with Crippen molar-refractivity contribution in [1.29, 1.82) is 0 Å². The molecule has 0 amide bonds. The van der Waals surface area contributed by atoms with E-state index in [1.807, 2.05) is 61.5 Å². The highest BCUT2D eigenvalue weighted by Gasteiger charge is 2.11. The van der Waals surface area contributed by atoms with Gasteiger partial charge in [-0.25, -0.2) is 4.99 Å². The maximum absolute atomic E-state index is 9.79. The number of methoxy groups -OCH3 is 1. The third kappa shape index (κ3) is 8.54. The SMILES string of the molecule is CCOCCCNC(=NCc1ccc(OC)cc1)NCC(CO)c1ccccc1. The maximum atomic E-state index is 9.79. The zero-order valence-electron chi connectivity index (χ0n) is 17.4. The van der Waals surface area contributed by atoms with Crippen LogP contribution in [0.15, 0.2) is 59.6 Å². The first kappa shape index (κ1) is 22.7. The van der Waals surface area contributed by atoms with Gasteiger partial charge in [0.2, 0.25) is 0 Å². The molecule has 0 bridgehead atoms. The van der Waals surface area contributed by atoms with E-state index in [2.05, 4.69) is 10.6 Å². The first-order valence-corrected chi connectivity index (χ1v) is 10.2. The Labute approximate surface area is 174 Å². The number of nitrogens with zero attached hydrogens (tertiary/aromatic N) is 1. The quantitative estimate of drug-likeness (QED) is 0.291. The number of hydrogen-bond donors (Lipinski definition) is 3. The predicted octanol–water partition coefficient (Wildman–Crippen LogP) is 2.93. The highest BCUT2D eigenvalue weighted by molar-refractivity contribution is 5.79. The molecule has 0 heterocycles. The smallest absolute Gasteiger partial charge is 0.191 e. The van der Waals surface area contributed by atoms with Gasteiger partial charge in [0, 0.05) is 32.2 Å². The topological polar surface area (TPSA) is 75.1 Å². The van der Waals surface area contributed by atoms with Crippen molar-refractivity contribution in [1.82, 2.24) is 10.6 Å². The first-order valence-electron chi connectivity index (χ1n) is 10.2. The van der Waals surface area contributed by atoms with Gasteiger partial charge in [-0.2, -0.15) is 0 Å². The lowest BCUT2D eigenvalue weighted by atomic mass is 10.0. The van der Waals surface area contributed by atoms with Gasteiger partial charge < -0.3 is 25.2 Å². The van der Waals surface area contributed by atoms with Crippen LogP contribution < -0.4 is 15.4 Å². The van der Waals surface area contributed by atoms with Gasteiger partial charge >= 0.3 is 0 Å². The molecule has 2 rings (SSSR count). The number of aliphatic hydroxyl groups is 1. The monoisotopic (exact) mass is 399 g/mol. The number of guanidine groups is 1. The lowest BCUT2D eigenvalue weighted by molar-refractivity contribution is 0.145. The third-order valence-corrected chi connectivity index (χ3v) is 4.55. The molecule has 0 fully saturated rings. The van der Waals surface area contributed by atoms with E-state index in [1.165, 1.54) is 0 Å². The summed E-state index contributed by atoms with van der Waals surface area (Å²) < 4.78 is 10.6. The molecule has 6 nitrogen and oxygen atoms in total. The van der Waals surface area contributed by atoms with Crippen molar-refractivity contribution < 1.29 is 14.6 Å². The lowest BCUT2D eigenvalue weighted by Crippen LogP contribution is -2.40. The molecule has 0 saturated carbocycles. The zero-order valence-corrected chi connectivity index (χ0v) is 17.4. The first-order chi connectivity index (χ1) is 14.3. The Hall–Kier alpha value is -2.57. The summed E-state index contributed by atoms with van der Waals surface area (Å²) in [5, 5.41) is 16.5. The molecule has 0 aliphatic rings. The minimum Gasteiger partial charge on any atom is -0.497 e. The average molecular weight is 400 g/mol. The van der Waals surface area contributed by atoms with E-state index in [-0.39, 0.29) is 12.5 Å². The van der Waals surface area contributed by atoms with Crippen molar-refractivity contribution in [3.63, 3.8) is 0 Å². The Morgan fingerprint density at radius 2 is 1.83 bits per heavy atom. The Balaban J connectivity index is 1.96. The van der Waals surface area contributed by atoms with Gasteiger partial charge in [0.25, 0.3) is 0 Å². The van der Waals surface area contributed by atoms with E-state index in [9.17, 15) is 5.11 Å². The molecule has 0 spiro atoms. The van der Waals surface area contributed by atoms with Crippen LogP contribution >= 0.6 is 0 Å². The summed E-state index contributed by atoms with van der Waals surface area (Å²) in [5.74, 6) is 1.57. The molecule has 1 unspecified atom stereocenters. The standard InChI is InChI=1S/C23H33N3O3/c1-3-29-15-7-14-24-23(25-16-19-10-12-22(28-2)13-11-19)26-17-21(18-27)20-8-5-4-6-9-20/h4-6,8-13,21,27H,3,7,14-18H2,1-2H3,(H2,24,25,26). The van der Waals surface area contributed by atoms with E-state index in [0.717, 1.165) is 49.0 Å². The lowest BCUT2D eigenvalue weighted by Gasteiger charge is -2.18. The molecule has 0 radical (unpaired) electrons. The minimum absolute atomic E-state index is 0.00705. The molecule has 0 saturated heterocycles. The molecule has 158 valence electrons. The van der Waals surface area contributed by atoms with Crippen molar-refractivity contribution in [2.24, 2.45) is 4.99 Å². The minimum atomic E-state index is 0.00705. The normalized spacial score (nSPS) is 12.4. The van der Waals surface area contributed by atoms with Gasteiger partial charge in [-0.15, -0.1) is 0 Å². The van der Waals surface area contributed by atoms with E-state index >= 15 is 0 Å². The maximum Gasteiger partial charge on any atom is 0.191 e. The second kappa shape index (κ2) is 13.6. The Bertz CT molecular complexity index is 705. The summed E-state index contributed by atoms with van der Waals surface area (Å²) in [6, 6.07) is 17.9. The van der Waals surface area contributed by atoms with Gasteiger partial charge in [-0.1, -0.05) is 42.5 Å². The van der Waals surface area contributed by atoms with Crippen LogP contribution in [0, 0.1) is 0 Å². The van der Waals surface area contributed by atoms with E-state index in [0.29, 0.717) is 13.1 Å². The van der Waals surface area contributed by atoms with Gasteiger partial charge in [-0.3, -0.25) is 0 Å². The van der Waals surface area contributed by atoms with Crippen LogP contribution in [0.5, 0.6) is 5.75 Å². The summed E-state index contributed by atoms with van der Waals surface area (Å²) in [6.07, 6.45) is 0.902. The largest absolute Gasteiger partial charge is 0.497 e. The summed E-state index contributed by atoms with van der Waals surface area (Å²) in [5.41, 5.74) is 2.20. The van der Waals surface area contributed by atoms with Crippen LogP contribution in [-0.2, 0) is 11.3 Å².